The molecule has 0 spiro atoms. The Morgan fingerprint density at radius 2 is 2.00 bits per heavy atom. The Kier molecular flexibility index (Phi) is 8.30. The van der Waals surface area contributed by atoms with E-state index in [2.05, 4.69) is 38.4 Å². The van der Waals surface area contributed by atoms with Gasteiger partial charge in [-0.05, 0) is 43.8 Å². The third-order valence-corrected chi connectivity index (χ3v) is 3.20. The minimum Gasteiger partial charge on any atom is -0.390 e. The van der Waals surface area contributed by atoms with Crippen LogP contribution in [0.15, 0.2) is 52.5 Å². The molecule has 0 radical (unpaired) electrons. The Morgan fingerprint density at radius 1 is 1.32 bits per heavy atom. The van der Waals surface area contributed by atoms with Gasteiger partial charge >= 0.3 is 0 Å². The summed E-state index contributed by atoms with van der Waals surface area (Å²) in [6, 6.07) is 9.92. The minimum atomic E-state index is -0.549. The fourth-order valence-corrected chi connectivity index (χ4v) is 2.36. The Hall–Kier alpha value is -0.420. The number of aliphatic hydroxyl groups is 1. The van der Waals surface area contributed by atoms with E-state index in [0.717, 1.165) is 8.96 Å². The molecule has 0 saturated heterocycles. The molecule has 0 fully saturated rings. The lowest BCUT2D eigenvalue weighted by atomic mass is 9.99. The molecule has 1 N–H and O–H groups in total. The number of benzene rings is 1. The molecule has 0 aliphatic heterocycles. The molecule has 0 aromatic heterocycles. The summed E-state index contributed by atoms with van der Waals surface area (Å²) >= 11 is 6.62. The zero-order valence-electron chi connectivity index (χ0n) is 10.6. The maximum atomic E-state index is 10.1. The lowest BCUT2D eigenvalue weighted by Crippen LogP contribution is -2.24. The first-order valence-corrected chi connectivity index (χ1v) is 7.65. The van der Waals surface area contributed by atoms with Crippen molar-refractivity contribution in [1.82, 2.24) is 0 Å². The maximum absolute atomic E-state index is 10.1. The van der Waals surface area contributed by atoms with E-state index >= 15 is 0 Å². The molecule has 0 heterocycles. The van der Waals surface area contributed by atoms with Gasteiger partial charge in [0.05, 0.1) is 22.7 Å². The quantitative estimate of drug-likeness (QED) is 0.668. The molecular weight excluding hydrogens is 372 g/mol. The highest BCUT2D eigenvalue weighted by Gasteiger charge is 2.16. The highest BCUT2D eigenvalue weighted by Crippen LogP contribution is 2.21. The molecule has 2 nitrogen and oxygen atoms in total. The molecule has 0 amide bonds. The van der Waals surface area contributed by atoms with E-state index in [1.165, 1.54) is 0 Å². The van der Waals surface area contributed by atoms with Crippen molar-refractivity contribution in [2.45, 2.75) is 19.1 Å². The number of ether oxygens (including phenoxy) is 1. The molecule has 0 unspecified atom stereocenters. The van der Waals surface area contributed by atoms with E-state index in [1.54, 1.807) is 6.08 Å². The second-order valence-corrected chi connectivity index (χ2v) is 6.99. The second kappa shape index (κ2) is 9.48. The van der Waals surface area contributed by atoms with Gasteiger partial charge in [-0.15, -0.1) is 6.58 Å². The fraction of sp³-hybridized carbons (Fsp3) is 0.333. The molecule has 1 aromatic rings. The molecule has 0 saturated carbocycles. The first-order chi connectivity index (χ1) is 9.13. The summed E-state index contributed by atoms with van der Waals surface area (Å²) in [7, 11) is 0. The van der Waals surface area contributed by atoms with Crippen molar-refractivity contribution in [3.63, 3.8) is 0 Å². The normalized spacial score (nSPS) is 13.6. The third kappa shape index (κ3) is 7.06. The Morgan fingerprint density at radius 3 is 2.58 bits per heavy atom. The van der Waals surface area contributed by atoms with Gasteiger partial charge in [0, 0.05) is 5.92 Å². The van der Waals surface area contributed by atoms with Crippen molar-refractivity contribution in [3.05, 3.63) is 58.0 Å². The van der Waals surface area contributed by atoms with Gasteiger partial charge in [-0.1, -0.05) is 42.5 Å². The average Bonchev–Trinajstić information content (AvgIpc) is 2.39. The van der Waals surface area contributed by atoms with Gasteiger partial charge in [0.25, 0.3) is 0 Å². The smallest absolute Gasteiger partial charge is 0.0839 e. The minimum absolute atomic E-state index is 0.0120. The number of rotatable bonds is 8. The average molecular weight is 390 g/mol. The van der Waals surface area contributed by atoms with E-state index in [1.807, 2.05) is 36.4 Å². The van der Waals surface area contributed by atoms with Crippen LogP contribution in [0.3, 0.4) is 0 Å². The molecule has 0 bridgehead atoms. The molecule has 1 aromatic carbocycles. The zero-order chi connectivity index (χ0) is 14.1. The molecule has 0 aliphatic carbocycles. The summed E-state index contributed by atoms with van der Waals surface area (Å²) in [5, 5.41) is 10.1. The number of halogens is 2. The van der Waals surface area contributed by atoms with Crippen molar-refractivity contribution in [3.8, 4) is 0 Å². The summed E-state index contributed by atoms with van der Waals surface area (Å²) in [5.41, 5.74) is 1.10. The van der Waals surface area contributed by atoms with Crippen molar-refractivity contribution in [1.29, 1.82) is 0 Å². The van der Waals surface area contributed by atoms with Gasteiger partial charge in [0.1, 0.15) is 0 Å². The Labute approximate surface area is 131 Å². The topological polar surface area (TPSA) is 29.5 Å². The third-order valence-electron chi connectivity index (χ3n) is 2.67. The summed E-state index contributed by atoms with van der Waals surface area (Å²) in [6.07, 6.45) is 3.87. The molecule has 104 valence electrons. The summed E-state index contributed by atoms with van der Waals surface area (Å²) < 4.78 is 6.37. The van der Waals surface area contributed by atoms with Crippen LogP contribution in [-0.4, -0.2) is 17.8 Å². The lowest BCUT2D eigenvalue weighted by molar-refractivity contribution is 0.00887. The largest absolute Gasteiger partial charge is 0.390 e. The SMILES string of the molecule is C=CC[C@@H](C=C(Br)Br)[C@@H](O)COCc1ccccc1. The van der Waals surface area contributed by atoms with Crippen LogP contribution >= 0.6 is 31.9 Å². The summed E-state index contributed by atoms with van der Waals surface area (Å²) in [5.74, 6) is -0.0120. The molecule has 4 heteroatoms. The van der Waals surface area contributed by atoms with E-state index in [-0.39, 0.29) is 5.92 Å². The van der Waals surface area contributed by atoms with E-state index in [0.29, 0.717) is 19.6 Å². The first kappa shape index (κ1) is 16.6. The van der Waals surface area contributed by atoms with Gasteiger partial charge in [-0.25, -0.2) is 0 Å². The predicted molar refractivity (Wildman–Crippen MR) is 86.3 cm³/mol. The zero-order valence-corrected chi connectivity index (χ0v) is 13.8. The van der Waals surface area contributed by atoms with Crippen LogP contribution in [0.1, 0.15) is 12.0 Å². The van der Waals surface area contributed by atoms with Crippen molar-refractivity contribution < 1.29 is 9.84 Å². The highest BCUT2D eigenvalue weighted by atomic mass is 79.9. The predicted octanol–water partition coefficient (Wildman–Crippen LogP) is 4.39. The monoisotopic (exact) mass is 388 g/mol. The number of hydrogen-bond acceptors (Lipinski definition) is 2. The Balaban J connectivity index is 2.42. The van der Waals surface area contributed by atoms with Gasteiger partial charge in [0.2, 0.25) is 0 Å². The number of aliphatic hydroxyl groups excluding tert-OH is 1. The fourth-order valence-electron chi connectivity index (χ4n) is 1.69. The van der Waals surface area contributed by atoms with Crippen LogP contribution in [0.2, 0.25) is 0 Å². The van der Waals surface area contributed by atoms with Gasteiger partial charge in [0.15, 0.2) is 0 Å². The van der Waals surface area contributed by atoms with Crippen LogP contribution in [0.5, 0.6) is 0 Å². The molecule has 19 heavy (non-hydrogen) atoms. The van der Waals surface area contributed by atoms with Crippen molar-refractivity contribution in [2.24, 2.45) is 5.92 Å². The van der Waals surface area contributed by atoms with Gasteiger partial charge < -0.3 is 9.84 Å². The van der Waals surface area contributed by atoms with Crippen LogP contribution in [0, 0.1) is 5.92 Å². The maximum Gasteiger partial charge on any atom is 0.0839 e. The molecule has 2 atom stereocenters. The van der Waals surface area contributed by atoms with E-state index in [9.17, 15) is 5.11 Å². The van der Waals surface area contributed by atoms with E-state index in [4.69, 9.17) is 4.74 Å². The summed E-state index contributed by atoms with van der Waals surface area (Å²) in [6.45, 7) is 4.52. The van der Waals surface area contributed by atoms with E-state index < -0.39 is 6.10 Å². The summed E-state index contributed by atoms with van der Waals surface area (Å²) in [4.78, 5) is 0. The molecule has 0 aliphatic rings. The standard InChI is InChI=1S/C15H18Br2O2/c1-2-6-13(9-15(16)17)14(18)11-19-10-12-7-4-3-5-8-12/h2-5,7-9,13-14,18H,1,6,10-11H2/t13-,14-/m0/s1. The van der Waals surface area contributed by atoms with Crippen LogP contribution in [0.25, 0.3) is 0 Å². The number of allylic oxidation sites excluding steroid dienone is 1. The van der Waals surface area contributed by atoms with Gasteiger partial charge in [-0.2, -0.15) is 0 Å². The second-order valence-electron chi connectivity index (χ2n) is 4.21. The Bertz CT molecular complexity index is 400. The molecule has 1 rings (SSSR count). The molecular formula is C15H18Br2O2. The van der Waals surface area contributed by atoms with Crippen LogP contribution < -0.4 is 0 Å². The number of hydrogen-bond donors (Lipinski definition) is 1. The van der Waals surface area contributed by atoms with Gasteiger partial charge in [-0.3, -0.25) is 0 Å². The first-order valence-electron chi connectivity index (χ1n) is 6.07. The van der Waals surface area contributed by atoms with Crippen LogP contribution in [-0.2, 0) is 11.3 Å². The van der Waals surface area contributed by atoms with Crippen LogP contribution in [0.4, 0.5) is 0 Å². The van der Waals surface area contributed by atoms with Crippen molar-refractivity contribution in [2.75, 3.05) is 6.61 Å². The highest BCUT2D eigenvalue weighted by molar-refractivity contribution is 9.28. The lowest BCUT2D eigenvalue weighted by Gasteiger charge is -2.18. The van der Waals surface area contributed by atoms with Crippen molar-refractivity contribution >= 4 is 31.9 Å².